The Kier molecular flexibility index (Phi) is 3.78. The van der Waals surface area contributed by atoms with E-state index in [2.05, 4.69) is 27.3 Å². The van der Waals surface area contributed by atoms with Gasteiger partial charge < -0.3 is 5.32 Å². The number of nitrogens with one attached hydrogen (secondary N) is 1. The van der Waals surface area contributed by atoms with Gasteiger partial charge in [-0.25, -0.2) is 0 Å². The lowest BCUT2D eigenvalue weighted by Crippen LogP contribution is -2.05. The molecular weight excluding hydrogens is 238 g/mol. The topological polar surface area (TPSA) is 55.6 Å². The van der Waals surface area contributed by atoms with Crippen LogP contribution in [0.15, 0.2) is 6.20 Å². The molecule has 17 heavy (non-hydrogen) atoms. The van der Waals surface area contributed by atoms with Crippen molar-refractivity contribution in [2.45, 2.75) is 26.2 Å². The molecule has 0 unspecified atom stereocenters. The van der Waals surface area contributed by atoms with Crippen molar-refractivity contribution in [2.75, 3.05) is 11.9 Å². The quantitative estimate of drug-likeness (QED) is 0.657. The maximum absolute atomic E-state index is 5.89. The summed E-state index contributed by atoms with van der Waals surface area (Å²) in [5.74, 6) is 0.768. The molecule has 5 nitrogen and oxygen atoms in total. The Bertz CT molecular complexity index is 508. The zero-order valence-electron chi connectivity index (χ0n) is 10.1. The molecule has 0 aliphatic rings. The van der Waals surface area contributed by atoms with Crippen LogP contribution in [-0.4, -0.2) is 26.3 Å². The summed E-state index contributed by atoms with van der Waals surface area (Å²) in [5.41, 5.74) is 0.753. The highest BCUT2D eigenvalue weighted by Crippen LogP contribution is 2.21. The molecule has 0 aliphatic heterocycles. The van der Waals surface area contributed by atoms with Gasteiger partial charge in [0.2, 0.25) is 5.28 Å². The van der Waals surface area contributed by atoms with Crippen LogP contribution in [0.25, 0.3) is 11.0 Å². The first-order valence-electron chi connectivity index (χ1n) is 5.81. The summed E-state index contributed by atoms with van der Waals surface area (Å²) < 4.78 is 1.69. The molecule has 0 saturated heterocycles. The first-order valence-corrected chi connectivity index (χ1v) is 6.19. The Morgan fingerprint density at radius 1 is 1.35 bits per heavy atom. The summed E-state index contributed by atoms with van der Waals surface area (Å²) in [5, 5.41) is 8.60. The van der Waals surface area contributed by atoms with Gasteiger partial charge >= 0.3 is 0 Å². The molecule has 2 aromatic heterocycles. The number of unbranched alkanes of at least 4 members (excludes halogenated alkanes) is 2. The van der Waals surface area contributed by atoms with E-state index in [1.807, 2.05) is 7.05 Å². The largest absolute Gasteiger partial charge is 0.369 e. The van der Waals surface area contributed by atoms with Crippen molar-refractivity contribution in [3.05, 3.63) is 11.5 Å². The number of aromatic nitrogens is 4. The molecule has 2 rings (SSSR count). The summed E-state index contributed by atoms with van der Waals surface area (Å²) >= 11 is 5.89. The van der Waals surface area contributed by atoms with E-state index in [0.717, 1.165) is 29.8 Å². The van der Waals surface area contributed by atoms with Gasteiger partial charge in [-0.3, -0.25) is 4.68 Å². The number of rotatable bonds is 5. The van der Waals surface area contributed by atoms with Crippen LogP contribution in [0.4, 0.5) is 5.82 Å². The normalized spacial score (nSPS) is 11.0. The molecule has 0 aromatic carbocycles. The van der Waals surface area contributed by atoms with E-state index in [4.69, 9.17) is 11.6 Å². The lowest BCUT2D eigenvalue weighted by atomic mass is 10.2. The molecule has 0 spiro atoms. The van der Waals surface area contributed by atoms with Crippen molar-refractivity contribution in [2.24, 2.45) is 7.05 Å². The monoisotopic (exact) mass is 253 g/mol. The molecule has 2 aromatic rings. The van der Waals surface area contributed by atoms with Gasteiger partial charge in [-0.15, -0.1) is 0 Å². The van der Waals surface area contributed by atoms with E-state index in [9.17, 15) is 0 Å². The van der Waals surface area contributed by atoms with Gasteiger partial charge in [0.1, 0.15) is 5.82 Å². The number of fused-ring (bicyclic) bond motifs is 1. The minimum Gasteiger partial charge on any atom is -0.369 e. The molecule has 2 heterocycles. The highest BCUT2D eigenvalue weighted by atomic mass is 35.5. The Morgan fingerprint density at radius 3 is 2.94 bits per heavy atom. The number of halogens is 1. The molecule has 92 valence electrons. The highest BCUT2D eigenvalue weighted by molar-refractivity contribution is 6.28. The summed E-state index contributed by atoms with van der Waals surface area (Å²) in [7, 11) is 1.84. The van der Waals surface area contributed by atoms with Crippen LogP contribution >= 0.6 is 11.6 Å². The fourth-order valence-corrected chi connectivity index (χ4v) is 1.88. The minimum absolute atomic E-state index is 0.249. The third-order valence-electron chi connectivity index (χ3n) is 2.64. The molecule has 0 aliphatic carbocycles. The van der Waals surface area contributed by atoms with Crippen molar-refractivity contribution in [3.63, 3.8) is 0 Å². The standard InChI is InChI=1S/C11H16ClN5/c1-3-4-5-6-13-9-8-7-14-17(2)10(8)16-11(12)15-9/h7H,3-6H2,1-2H3,(H,13,15,16). The SMILES string of the molecule is CCCCCNc1nc(Cl)nc2c1cnn2C. The molecule has 0 radical (unpaired) electrons. The molecule has 0 amide bonds. The van der Waals surface area contributed by atoms with E-state index in [-0.39, 0.29) is 5.28 Å². The summed E-state index contributed by atoms with van der Waals surface area (Å²) in [4.78, 5) is 8.36. The second kappa shape index (κ2) is 5.31. The van der Waals surface area contributed by atoms with Crippen molar-refractivity contribution in [3.8, 4) is 0 Å². The van der Waals surface area contributed by atoms with Crippen LogP contribution < -0.4 is 5.32 Å². The van der Waals surface area contributed by atoms with Crippen molar-refractivity contribution < 1.29 is 0 Å². The Morgan fingerprint density at radius 2 is 2.18 bits per heavy atom. The average molecular weight is 254 g/mol. The van der Waals surface area contributed by atoms with Gasteiger partial charge in [-0.2, -0.15) is 15.1 Å². The van der Waals surface area contributed by atoms with Crippen molar-refractivity contribution >= 4 is 28.5 Å². The van der Waals surface area contributed by atoms with E-state index >= 15 is 0 Å². The fourth-order valence-electron chi connectivity index (χ4n) is 1.71. The molecule has 0 bridgehead atoms. The predicted molar refractivity (Wildman–Crippen MR) is 69.3 cm³/mol. The third-order valence-corrected chi connectivity index (χ3v) is 2.81. The zero-order chi connectivity index (χ0) is 12.3. The summed E-state index contributed by atoms with van der Waals surface area (Å²) in [6, 6.07) is 0. The second-order valence-electron chi connectivity index (χ2n) is 3.98. The Labute approximate surface area is 105 Å². The Balaban J connectivity index is 2.20. The van der Waals surface area contributed by atoms with Crippen molar-refractivity contribution in [1.82, 2.24) is 19.7 Å². The van der Waals surface area contributed by atoms with E-state index in [1.165, 1.54) is 12.8 Å². The van der Waals surface area contributed by atoms with Gasteiger partial charge in [0, 0.05) is 13.6 Å². The van der Waals surface area contributed by atoms with Crippen LogP contribution in [0.1, 0.15) is 26.2 Å². The molecule has 1 N–H and O–H groups in total. The fraction of sp³-hybridized carbons (Fsp3) is 0.545. The Hall–Kier alpha value is -1.36. The van der Waals surface area contributed by atoms with E-state index < -0.39 is 0 Å². The van der Waals surface area contributed by atoms with E-state index in [1.54, 1.807) is 10.9 Å². The molecule has 0 fully saturated rings. The van der Waals surface area contributed by atoms with Gasteiger partial charge in [0.05, 0.1) is 11.6 Å². The van der Waals surface area contributed by atoms with Gasteiger partial charge in [0.15, 0.2) is 5.65 Å². The maximum Gasteiger partial charge on any atom is 0.226 e. The van der Waals surface area contributed by atoms with Crippen LogP contribution in [0.2, 0.25) is 5.28 Å². The third kappa shape index (κ3) is 2.66. The molecule has 6 heteroatoms. The molecule has 0 atom stereocenters. The number of nitrogens with zero attached hydrogens (tertiary/aromatic N) is 4. The first kappa shape index (κ1) is 12.1. The van der Waals surface area contributed by atoms with Gasteiger partial charge in [-0.05, 0) is 18.0 Å². The number of aryl methyl sites for hydroxylation is 1. The van der Waals surface area contributed by atoms with Crippen LogP contribution in [-0.2, 0) is 7.05 Å². The van der Waals surface area contributed by atoms with Crippen molar-refractivity contribution in [1.29, 1.82) is 0 Å². The second-order valence-corrected chi connectivity index (χ2v) is 4.32. The first-order chi connectivity index (χ1) is 8.22. The summed E-state index contributed by atoms with van der Waals surface area (Å²) in [6.45, 7) is 3.08. The van der Waals surface area contributed by atoms with Crippen LogP contribution in [0.5, 0.6) is 0 Å². The smallest absolute Gasteiger partial charge is 0.226 e. The maximum atomic E-state index is 5.89. The van der Waals surface area contributed by atoms with Crippen LogP contribution in [0.3, 0.4) is 0 Å². The lowest BCUT2D eigenvalue weighted by Gasteiger charge is -2.06. The lowest BCUT2D eigenvalue weighted by molar-refractivity contribution is 0.742. The highest BCUT2D eigenvalue weighted by Gasteiger charge is 2.09. The van der Waals surface area contributed by atoms with E-state index in [0.29, 0.717) is 0 Å². The molecular formula is C11H16ClN5. The number of anilines is 1. The number of hydrogen-bond donors (Lipinski definition) is 1. The van der Waals surface area contributed by atoms with Gasteiger partial charge in [-0.1, -0.05) is 19.8 Å². The number of hydrogen-bond acceptors (Lipinski definition) is 4. The zero-order valence-corrected chi connectivity index (χ0v) is 10.8. The average Bonchev–Trinajstić information content (AvgIpc) is 2.67. The minimum atomic E-state index is 0.249. The summed E-state index contributed by atoms with van der Waals surface area (Å²) in [6.07, 6.45) is 5.30. The van der Waals surface area contributed by atoms with Crippen LogP contribution in [0, 0.1) is 0 Å². The molecule has 0 saturated carbocycles. The predicted octanol–water partition coefficient (Wildman–Crippen LogP) is 2.62. The van der Waals surface area contributed by atoms with Gasteiger partial charge in [0.25, 0.3) is 0 Å².